The molecule has 0 amide bonds. The number of nitriles is 1. The molecule has 7 nitrogen and oxygen atoms in total. The van der Waals surface area contributed by atoms with Gasteiger partial charge in [0.15, 0.2) is 5.82 Å². The van der Waals surface area contributed by atoms with E-state index in [-0.39, 0.29) is 17.4 Å². The molecule has 2 rings (SSSR count). The van der Waals surface area contributed by atoms with Crippen molar-refractivity contribution in [3.63, 3.8) is 0 Å². The molecule has 0 aliphatic rings. The first-order chi connectivity index (χ1) is 9.86. The zero-order valence-corrected chi connectivity index (χ0v) is 12.5. The quantitative estimate of drug-likeness (QED) is 0.899. The highest BCUT2D eigenvalue weighted by Crippen LogP contribution is 2.20. The summed E-state index contributed by atoms with van der Waals surface area (Å²) in [5, 5.41) is 15.5. The van der Waals surface area contributed by atoms with E-state index in [9.17, 15) is 8.42 Å². The Morgan fingerprint density at radius 1 is 1.43 bits per heavy atom. The monoisotopic (exact) mass is 305 g/mol. The van der Waals surface area contributed by atoms with Crippen LogP contribution >= 0.6 is 0 Å². The van der Waals surface area contributed by atoms with Crippen molar-refractivity contribution in [3.8, 4) is 6.07 Å². The van der Waals surface area contributed by atoms with E-state index < -0.39 is 15.1 Å². The molecular formula is C13H15N5O2S. The number of nitrogens with two attached hydrogens (primary N) is 1. The predicted molar refractivity (Wildman–Crippen MR) is 77.0 cm³/mol. The van der Waals surface area contributed by atoms with Gasteiger partial charge in [0.25, 0.3) is 0 Å². The standard InChI is InChI=1S/C13H15N5O2S/c1-9(2)21(19,20)13-12(15)18(17-16-13)8-11-5-3-4-10(6-11)7-14/h3-6,9H,8,15H2,1-2H3. The molecule has 2 aromatic rings. The number of rotatable bonds is 4. The second-order valence-corrected chi connectivity index (χ2v) is 7.26. The van der Waals surface area contributed by atoms with Crippen LogP contribution in [-0.2, 0) is 16.4 Å². The van der Waals surface area contributed by atoms with Crippen LogP contribution in [0.5, 0.6) is 0 Å². The molecule has 0 atom stereocenters. The molecule has 0 radical (unpaired) electrons. The summed E-state index contributed by atoms with van der Waals surface area (Å²) in [5.74, 6) is 0.00561. The Bertz CT molecular complexity index is 802. The highest BCUT2D eigenvalue weighted by atomic mass is 32.2. The molecule has 0 aliphatic heterocycles. The first-order valence-electron chi connectivity index (χ1n) is 6.28. The van der Waals surface area contributed by atoms with E-state index in [0.29, 0.717) is 5.56 Å². The average Bonchev–Trinajstić information content (AvgIpc) is 2.81. The maximum atomic E-state index is 12.1. The fourth-order valence-corrected chi connectivity index (χ4v) is 2.75. The van der Waals surface area contributed by atoms with E-state index >= 15 is 0 Å². The molecule has 110 valence electrons. The molecule has 0 spiro atoms. The molecule has 1 heterocycles. The van der Waals surface area contributed by atoms with E-state index in [0.717, 1.165) is 5.56 Å². The van der Waals surface area contributed by atoms with E-state index in [4.69, 9.17) is 11.0 Å². The zero-order chi connectivity index (χ0) is 15.6. The Labute approximate surface area is 122 Å². The number of benzene rings is 1. The summed E-state index contributed by atoms with van der Waals surface area (Å²) in [6.07, 6.45) is 0. The van der Waals surface area contributed by atoms with Crippen molar-refractivity contribution in [3.05, 3.63) is 35.4 Å². The normalized spacial score (nSPS) is 11.5. The second kappa shape index (κ2) is 5.54. The Morgan fingerprint density at radius 2 is 2.14 bits per heavy atom. The molecule has 8 heteroatoms. The lowest BCUT2D eigenvalue weighted by Gasteiger charge is -2.06. The van der Waals surface area contributed by atoms with Gasteiger partial charge >= 0.3 is 0 Å². The van der Waals surface area contributed by atoms with Crippen LogP contribution in [0.25, 0.3) is 0 Å². The van der Waals surface area contributed by atoms with E-state index in [1.807, 2.05) is 6.07 Å². The van der Waals surface area contributed by atoms with Crippen LogP contribution in [0.2, 0.25) is 0 Å². The summed E-state index contributed by atoms with van der Waals surface area (Å²) in [7, 11) is -3.56. The predicted octanol–water partition coefficient (Wildman–Crippen LogP) is 0.962. The van der Waals surface area contributed by atoms with Crippen molar-refractivity contribution in [2.75, 3.05) is 5.73 Å². The van der Waals surface area contributed by atoms with Gasteiger partial charge in [-0.2, -0.15) is 5.26 Å². The van der Waals surface area contributed by atoms with Gasteiger partial charge in [0, 0.05) is 0 Å². The Kier molecular flexibility index (Phi) is 3.95. The van der Waals surface area contributed by atoms with Gasteiger partial charge in [0.1, 0.15) is 0 Å². The molecular weight excluding hydrogens is 290 g/mol. The molecule has 0 saturated heterocycles. The van der Waals surface area contributed by atoms with Crippen LogP contribution < -0.4 is 5.73 Å². The van der Waals surface area contributed by atoms with Gasteiger partial charge in [-0.3, -0.25) is 0 Å². The number of aromatic nitrogens is 3. The minimum absolute atomic E-state index is 0.00561. The zero-order valence-electron chi connectivity index (χ0n) is 11.7. The van der Waals surface area contributed by atoms with Crippen molar-refractivity contribution < 1.29 is 8.42 Å². The third-order valence-corrected chi connectivity index (χ3v) is 5.09. The van der Waals surface area contributed by atoms with Crippen LogP contribution in [-0.4, -0.2) is 28.7 Å². The summed E-state index contributed by atoms with van der Waals surface area (Å²) >= 11 is 0. The fourth-order valence-electron chi connectivity index (χ4n) is 1.76. The third-order valence-electron chi connectivity index (χ3n) is 3.02. The number of hydrogen-bond acceptors (Lipinski definition) is 6. The lowest BCUT2D eigenvalue weighted by atomic mass is 10.1. The Balaban J connectivity index is 2.36. The molecule has 0 bridgehead atoms. The van der Waals surface area contributed by atoms with E-state index in [1.165, 1.54) is 4.68 Å². The van der Waals surface area contributed by atoms with Crippen molar-refractivity contribution in [1.82, 2.24) is 15.0 Å². The average molecular weight is 305 g/mol. The van der Waals surface area contributed by atoms with Gasteiger partial charge in [-0.25, -0.2) is 13.1 Å². The van der Waals surface area contributed by atoms with E-state index in [2.05, 4.69) is 10.3 Å². The molecule has 0 fully saturated rings. The van der Waals surface area contributed by atoms with Gasteiger partial charge in [0.2, 0.25) is 14.9 Å². The van der Waals surface area contributed by atoms with Gasteiger partial charge in [-0.05, 0) is 31.5 Å². The first-order valence-corrected chi connectivity index (χ1v) is 7.82. The Morgan fingerprint density at radius 3 is 2.76 bits per heavy atom. The summed E-state index contributed by atoms with van der Waals surface area (Å²) in [6, 6.07) is 8.96. The number of hydrogen-bond donors (Lipinski definition) is 1. The minimum atomic E-state index is -3.56. The number of nitrogens with zero attached hydrogens (tertiary/aromatic N) is 4. The summed E-state index contributed by atoms with van der Waals surface area (Å²) in [4.78, 5) is 0. The summed E-state index contributed by atoms with van der Waals surface area (Å²) < 4.78 is 25.5. The topological polar surface area (TPSA) is 115 Å². The van der Waals surface area contributed by atoms with Crippen molar-refractivity contribution >= 4 is 15.7 Å². The van der Waals surface area contributed by atoms with Crippen LogP contribution in [0.3, 0.4) is 0 Å². The smallest absolute Gasteiger partial charge is 0.221 e. The fraction of sp³-hybridized carbons (Fsp3) is 0.308. The molecule has 0 unspecified atom stereocenters. The molecule has 1 aromatic heterocycles. The lowest BCUT2D eigenvalue weighted by Crippen LogP contribution is -2.16. The summed E-state index contributed by atoms with van der Waals surface area (Å²) in [6.45, 7) is 3.37. The maximum absolute atomic E-state index is 12.1. The van der Waals surface area contributed by atoms with Crippen LogP contribution in [0.15, 0.2) is 29.3 Å². The minimum Gasteiger partial charge on any atom is -0.381 e. The largest absolute Gasteiger partial charge is 0.381 e. The second-order valence-electron chi connectivity index (χ2n) is 4.84. The third kappa shape index (κ3) is 2.87. The van der Waals surface area contributed by atoms with Gasteiger partial charge in [-0.15, -0.1) is 5.10 Å². The SMILES string of the molecule is CC(C)S(=O)(=O)c1nnn(Cc2cccc(C#N)c2)c1N. The highest BCUT2D eigenvalue weighted by molar-refractivity contribution is 7.92. The van der Waals surface area contributed by atoms with Crippen molar-refractivity contribution in [2.24, 2.45) is 0 Å². The van der Waals surface area contributed by atoms with Crippen LogP contribution in [0.4, 0.5) is 5.82 Å². The van der Waals surface area contributed by atoms with Gasteiger partial charge < -0.3 is 5.73 Å². The molecule has 0 saturated carbocycles. The number of sulfone groups is 1. The van der Waals surface area contributed by atoms with Gasteiger partial charge in [0.05, 0.1) is 23.4 Å². The molecule has 21 heavy (non-hydrogen) atoms. The van der Waals surface area contributed by atoms with Crippen LogP contribution in [0, 0.1) is 11.3 Å². The van der Waals surface area contributed by atoms with Crippen molar-refractivity contribution in [1.29, 1.82) is 5.26 Å². The van der Waals surface area contributed by atoms with E-state index in [1.54, 1.807) is 38.1 Å². The van der Waals surface area contributed by atoms with Crippen molar-refractivity contribution in [2.45, 2.75) is 30.7 Å². The molecule has 0 aliphatic carbocycles. The number of anilines is 1. The molecule has 1 aromatic carbocycles. The lowest BCUT2D eigenvalue weighted by molar-refractivity contribution is 0.583. The molecule has 2 N–H and O–H groups in total. The van der Waals surface area contributed by atoms with Crippen LogP contribution in [0.1, 0.15) is 25.0 Å². The Hall–Kier alpha value is -2.40. The number of nitrogen functional groups attached to an aromatic ring is 1. The van der Waals surface area contributed by atoms with Gasteiger partial charge in [-0.1, -0.05) is 17.3 Å². The first kappa shape index (κ1) is 15.0. The summed E-state index contributed by atoms with van der Waals surface area (Å²) in [5.41, 5.74) is 7.15. The maximum Gasteiger partial charge on any atom is 0.221 e. The highest BCUT2D eigenvalue weighted by Gasteiger charge is 2.27.